The zero-order valence-corrected chi connectivity index (χ0v) is 19.1. The molecule has 0 aliphatic heterocycles. The van der Waals surface area contributed by atoms with Crippen LogP contribution in [0.1, 0.15) is 6.42 Å². The molecule has 0 fully saturated rings. The molecular formula is C15H10Cl6N6O3. The Bertz CT molecular complexity index is 1160. The van der Waals surface area contributed by atoms with Gasteiger partial charge in [0.2, 0.25) is 0 Å². The van der Waals surface area contributed by atoms with Gasteiger partial charge in [0.25, 0.3) is 16.7 Å². The van der Waals surface area contributed by atoms with E-state index in [1.54, 1.807) is 0 Å². The molecule has 9 nitrogen and oxygen atoms in total. The Labute approximate surface area is 198 Å². The summed E-state index contributed by atoms with van der Waals surface area (Å²) in [6.45, 7) is 0.508. The van der Waals surface area contributed by atoms with Crippen LogP contribution in [0, 0.1) is 0 Å². The highest BCUT2D eigenvalue weighted by Crippen LogP contribution is 2.16. The maximum atomic E-state index is 11.8. The normalized spacial score (nSPS) is 10.5. The number of nitrogens with one attached hydrogen (secondary N) is 1. The van der Waals surface area contributed by atoms with Crippen LogP contribution < -0.4 is 16.7 Å². The van der Waals surface area contributed by atoms with Crippen LogP contribution in [0.25, 0.3) is 0 Å². The predicted molar refractivity (Wildman–Crippen MR) is 117 cm³/mol. The van der Waals surface area contributed by atoms with Crippen LogP contribution in [0.3, 0.4) is 0 Å². The fourth-order valence-electron chi connectivity index (χ4n) is 1.94. The first-order valence-corrected chi connectivity index (χ1v) is 10.1. The van der Waals surface area contributed by atoms with Gasteiger partial charge in [0.15, 0.2) is 0 Å². The van der Waals surface area contributed by atoms with Gasteiger partial charge in [-0.1, -0.05) is 69.6 Å². The number of hydrogen-bond donors (Lipinski definition) is 1. The zero-order chi connectivity index (χ0) is 22.4. The van der Waals surface area contributed by atoms with Gasteiger partial charge < -0.3 is 0 Å². The molecule has 1 N–H and O–H groups in total. The molecule has 0 aliphatic rings. The van der Waals surface area contributed by atoms with Crippen molar-refractivity contribution in [3.05, 3.63) is 79.8 Å². The number of halogens is 6. The summed E-state index contributed by atoms with van der Waals surface area (Å²) in [7, 11) is 0. The molecule has 15 heteroatoms. The molecule has 0 atom stereocenters. The Hall–Kier alpha value is -1.62. The number of H-pyrrole nitrogens is 1. The minimum atomic E-state index is -0.487. The number of aryl methyl sites for hydroxylation is 2. The van der Waals surface area contributed by atoms with Gasteiger partial charge in [-0.25, -0.2) is 14.5 Å². The molecule has 30 heavy (non-hydrogen) atoms. The maximum Gasteiger partial charge on any atom is 0.287 e. The smallest absolute Gasteiger partial charge is 0.266 e. The number of nitrogens with zero attached hydrogens (tertiary/aromatic N) is 5. The van der Waals surface area contributed by atoms with E-state index in [1.165, 1.54) is 18.6 Å². The maximum absolute atomic E-state index is 11.8. The number of aromatic amines is 1. The van der Waals surface area contributed by atoms with Crippen LogP contribution in [0.4, 0.5) is 0 Å². The fraction of sp³-hybridized carbons (Fsp3) is 0.200. The van der Waals surface area contributed by atoms with E-state index in [2.05, 4.69) is 20.4 Å². The van der Waals surface area contributed by atoms with Gasteiger partial charge in [0.05, 0.1) is 33.7 Å². The van der Waals surface area contributed by atoms with E-state index in [4.69, 9.17) is 69.6 Å². The summed E-state index contributed by atoms with van der Waals surface area (Å²) in [5.74, 6) is 0. The molecule has 0 spiro atoms. The molecule has 0 aliphatic carbocycles. The molecule has 160 valence electrons. The van der Waals surface area contributed by atoms with Crippen molar-refractivity contribution in [2.24, 2.45) is 0 Å². The first-order chi connectivity index (χ1) is 14.1. The average Bonchev–Trinajstić information content (AvgIpc) is 2.72. The second-order valence-corrected chi connectivity index (χ2v) is 7.74. The Morgan fingerprint density at radius 1 is 0.700 bits per heavy atom. The summed E-state index contributed by atoms with van der Waals surface area (Å²) in [5, 5.41) is 13.4. The highest BCUT2D eigenvalue weighted by molar-refractivity contribution is 6.42. The molecule has 3 aromatic heterocycles. The second-order valence-electron chi connectivity index (χ2n) is 5.38. The number of rotatable bonds is 4. The number of aromatic nitrogens is 6. The molecule has 0 saturated heterocycles. The van der Waals surface area contributed by atoms with E-state index >= 15 is 0 Å². The standard InChI is InChI=1S/C11H8Cl4N4O2.C4H2Cl2N2O/c12-6-4-16-18(10(20)8(6)14)2-1-3-19-11(21)9(15)7(13)5-17-19;5-2-1-7-8-4(9)3(2)6/h4-5H,1-3H2;1H,(H,8,9). The van der Waals surface area contributed by atoms with E-state index < -0.39 is 16.7 Å². The van der Waals surface area contributed by atoms with Gasteiger partial charge in [-0.2, -0.15) is 15.3 Å². The Kier molecular flexibility index (Phi) is 9.14. The van der Waals surface area contributed by atoms with Crippen molar-refractivity contribution >= 4 is 69.6 Å². The van der Waals surface area contributed by atoms with Crippen molar-refractivity contribution in [3.8, 4) is 0 Å². The quantitative estimate of drug-likeness (QED) is 0.547. The average molecular weight is 535 g/mol. The minimum Gasteiger partial charge on any atom is -0.266 e. The second kappa shape index (κ2) is 11.1. The van der Waals surface area contributed by atoms with Gasteiger partial charge in [-0.15, -0.1) is 0 Å². The lowest BCUT2D eigenvalue weighted by Crippen LogP contribution is -2.27. The van der Waals surface area contributed by atoms with Gasteiger partial charge in [-0.05, 0) is 6.42 Å². The molecule has 0 bridgehead atoms. The molecule has 0 radical (unpaired) electrons. The van der Waals surface area contributed by atoms with Gasteiger partial charge in [0, 0.05) is 13.1 Å². The van der Waals surface area contributed by atoms with Crippen molar-refractivity contribution in [2.75, 3.05) is 0 Å². The van der Waals surface area contributed by atoms with Crippen LogP contribution in [-0.4, -0.2) is 29.8 Å². The third-order valence-electron chi connectivity index (χ3n) is 3.38. The molecule has 3 rings (SSSR count). The summed E-state index contributed by atoms with van der Waals surface area (Å²) in [5.41, 5.74) is -1.44. The van der Waals surface area contributed by atoms with Crippen LogP contribution >= 0.6 is 69.6 Å². The number of hydrogen-bond acceptors (Lipinski definition) is 6. The summed E-state index contributed by atoms with van der Waals surface area (Å²) >= 11 is 33.6. The summed E-state index contributed by atoms with van der Waals surface area (Å²) < 4.78 is 2.33. The van der Waals surface area contributed by atoms with Crippen molar-refractivity contribution in [1.82, 2.24) is 29.8 Å². The van der Waals surface area contributed by atoms with Gasteiger partial charge in [0.1, 0.15) is 15.1 Å². The van der Waals surface area contributed by atoms with E-state index in [9.17, 15) is 14.4 Å². The Morgan fingerprint density at radius 2 is 1.13 bits per heavy atom. The van der Waals surface area contributed by atoms with E-state index in [0.717, 1.165) is 9.36 Å². The fourth-order valence-corrected chi connectivity index (χ4v) is 2.71. The van der Waals surface area contributed by atoms with Gasteiger partial charge in [-0.3, -0.25) is 14.4 Å². The van der Waals surface area contributed by atoms with Crippen LogP contribution in [0.2, 0.25) is 30.1 Å². The predicted octanol–water partition coefficient (Wildman–Crippen LogP) is 3.58. The third-order valence-corrected chi connectivity index (χ3v) is 5.63. The molecule has 0 unspecified atom stereocenters. The van der Waals surface area contributed by atoms with Crippen molar-refractivity contribution < 1.29 is 0 Å². The topological polar surface area (TPSA) is 116 Å². The summed E-state index contributed by atoms with van der Waals surface area (Å²) in [6.07, 6.45) is 4.27. The van der Waals surface area contributed by atoms with Crippen LogP contribution in [0.15, 0.2) is 33.0 Å². The highest BCUT2D eigenvalue weighted by Gasteiger charge is 2.09. The zero-order valence-electron chi connectivity index (χ0n) is 14.6. The lowest BCUT2D eigenvalue weighted by Gasteiger charge is -2.07. The largest absolute Gasteiger partial charge is 0.287 e. The molecular weight excluding hydrogens is 525 g/mol. The molecule has 0 amide bonds. The molecule has 0 aromatic carbocycles. The first kappa shape index (κ1) is 24.6. The third kappa shape index (κ3) is 6.19. The summed E-state index contributed by atoms with van der Waals surface area (Å²) in [6, 6.07) is 0. The Balaban J connectivity index is 0.000000297. The SMILES string of the molecule is O=c1[nH]ncc(Cl)c1Cl.O=c1c(Cl)c(Cl)cnn1CCCn1ncc(Cl)c(Cl)c1=O. The lowest BCUT2D eigenvalue weighted by molar-refractivity contribution is 0.473. The highest BCUT2D eigenvalue weighted by atomic mass is 35.5. The van der Waals surface area contributed by atoms with Crippen molar-refractivity contribution in [1.29, 1.82) is 0 Å². The molecule has 3 heterocycles. The lowest BCUT2D eigenvalue weighted by atomic mass is 10.4. The molecule has 3 aromatic rings. The monoisotopic (exact) mass is 532 g/mol. The van der Waals surface area contributed by atoms with E-state index in [-0.39, 0.29) is 43.2 Å². The Morgan fingerprint density at radius 3 is 1.53 bits per heavy atom. The first-order valence-electron chi connectivity index (χ1n) is 7.84. The minimum absolute atomic E-state index is 0.0216. The summed E-state index contributed by atoms with van der Waals surface area (Å²) in [4.78, 5) is 34.0. The molecule has 0 saturated carbocycles. The van der Waals surface area contributed by atoms with E-state index in [0.29, 0.717) is 6.42 Å². The van der Waals surface area contributed by atoms with Crippen molar-refractivity contribution in [3.63, 3.8) is 0 Å². The van der Waals surface area contributed by atoms with E-state index in [1.807, 2.05) is 0 Å². The van der Waals surface area contributed by atoms with Gasteiger partial charge >= 0.3 is 0 Å². The van der Waals surface area contributed by atoms with Crippen LogP contribution in [0.5, 0.6) is 0 Å². The van der Waals surface area contributed by atoms with Crippen LogP contribution in [-0.2, 0) is 13.1 Å². The van der Waals surface area contributed by atoms with Crippen molar-refractivity contribution in [2.45, 2.75) is 19.5 Å².